The highest BCUT2D eigenvalue weighted by Gasteiger charge is 2.20. The van der Waals surface area contributed by atoms with Crippen LogP contribution in [-0.2, 0) is 20.0 Å². The first-order valence-electron chi connectivity index (χ1n) is 6.65. The summed E-state index contributed by atoms with van der Waals surface area (Å²) in [4.78, 5) is -0.608. The standard InChI is InChI=1S/C14H15ClN2O6S2/c1-22-13-8-14(23-2)12(7-11(13)15)17-25(20,21)10-5-3-4-9(6-10)24(16,18)19/h3-8,17H,1-2H3,(H2,16,18,19). The van der Waals surface area contributed by atoms with Gasteiger partial charge in [0, 0.05) is 6.07 Å². The number of benzene rings is 2. The monoisotopic (exact) mass is 406 g/mol. The van der Waals surface area contributed by atoms with Gasteiger partial charge < -0.3 is 9.47 Å². The fourth-order valence-electron chi connectivity index (χ4n) is 1.96. The van der Waals surface area contributed by atoms with Crippen LogP contribution in [-0.4, -0.2) is 31.1 Å². The van der Waals surface area contributed by atoms with Crippen LogP contribution in [0.15, 0.2) is 46.2 Å². The van der Waals surface area contributed by atoms with Crippen molar-refractivity contribution in [2.75, 3.05) is 18.9 Å². The Morgan fingerprint density at radius 1 is 0.960 bits per heavy atom. The van der Waals surface area contributed by atoms with Gasteiger partial charge >= 0.3 is 0 Å². The summed E-state index contributed by atoms with van der Waals surface area (Å²) in [6.07, 6.45) is 0. The highest BCUT2D eigenvalue weighted by atomic mass is 35.5. The van der Waals surface area contributed by atoms with Crippen LogP contribution >= 0.6 is 11.6 Å². The lowest BCUT2D eigenvalue weighted by molar-refractivity contribution is 0.396. The minimum atomic E-state index is -4.11. The summed E-state index contributed by atoms with van der Waals surface area (Å²) in [5.41, 5.74) is 0.0642. The molecule has 0 aliphatic carbocycles. The first-order chi connectivity index (χ1) is 11.6. The first-order valence-corrected chi connectivity index (χ1v) is 10.1. The molecule has 0 aliphatic heterocycles. The lowest BCUT2D eigenvalue weighted by Crippen LogP contribution is -2.16. The molecule has 2 aromatic rings. The van der Waals surface area contributed by atoms with Crippen LogP contribution in [0, 0.1) is 0 Å². The molecule has 0 aromatic heterocycles. The van der Waals surface area contributed by atoms with Crippen molar-refractivity contribution in [3.63, 3.8) is 0 Å². The lowest BCUT2D eigenvalue weighted by Gasteiger charge is -2.14. The molecule has 11 heteroatoms. The Bertz CT molecular complexity index is 1010. The number of nitrogens with two attached hydrogens (primary N) is 1. The van der Waals surface area contributed by atoms with Crippen LogP contribution in [0.1, 0.15) is 0 Å². The average Bonchev–Trinajstić information content (AvgIpc) is 2.54. The SMILES string of the molecule is COc1cc(OC)c(NS(=O)(=O)c2cccc(S(N)(=O)=O)c2)cc1Cl. The van der Waals surface area contributed by atoms with Crippen LogP contribution in [0.3, 0.4) is 0 Å². The quantitative estimate of drug-likeness (QED) is 0.753. The number of primary sulfonamides is 1. The number of sulfonamides is 2. The Labute approximate surface area is 150 Å². The van der Waals surface area contributed by atoms with E-state index in [1.54, 1.807) is 0 Å². The summed E-state index contributed by atoms with van der Waals surface area (Å²) < 4.78 is 60.3. The van der Waals surface area contributed by atoms with Gasteiger partial charge in [-0.2, -0.15) is 0 Å². The van der Waals surface area contributed by atoms with Crippen LogP contribution < -0.4 is 19.3 Å². The Hall–Kier alpha value is -2.01. The Morgan fingerprint density at radius 2 is 1.56 bits per heavy atom. The van der Waals surface area contributed by atoms with Crippen LogP contribution in [0.5, 0.6) is 11.5 Å². The number of rotatable bonds is 6. The smallest absolute Gasteiger partial charge is 0.262 e. The molecular weight excluding hydrogens is 392 g/mol. The number of hydrogen-bond donors (Lipinski definition) is 2. The van der Waals surface area contributed by atoms with Gasteiger partial charge in [0.15, 0.2) is 0 Å². The summed E-state index contributed by atoms with van der Waals surface area (Å²) in [5.74, 6) is 0.477. The summed E-state index contributed by atoms with van der Waals surface area (Å²) in [7, 11) is -5.40. The molecular formula is C14H15ClN2O6S2. The molecule has 0 amide bonds. The Balaban J connectivity index is 2.48. The van der Waals surface area contributed by atoms with E-state index in [0.717, 1.165) is 6.07 Å². The normalized spacial score (nSPS) is 11.8. The van der Waals surface area contributed by atoms with Gasteiger partial charge in [0.05, 0.1) is 34.7 Å². The maximum Gasteiger partial charge on any atom is 0.262 e. The van der Waals surface area contributed by atoms with Crippen molar-refractivity contribution >= 4 is 37.3 Å². The van der Waals surface area contributed by atoms with Crippen molar-refractivity contribution in [1.29, 1.82) is 0 Å². The number of hydrogen-bond acceptors (Lipinski definition) is 6. The van der Waals surface area contributed by atoms with Gasteiger partial charge in [-0.1, -0.05) is 17.7 Å². The molecule has 0 fully saturated rings. The van der Waals surface area contributed by atoms with E-state index in [-0.39, 0.29) is 26.3 Å². The number of methoxy groups -OCH3 is 2. The Morgan fingerprint density at radius 3 is 2.12 bits per heavy atom. The maximum absolute atomic E-state index is 12.5. The molecule has 0 saturated heterocycles. The molecule has 136 valence electrons. The van der Waals surface area contributed by atoms with Gasteiger partial charge in [-0.3, -0.25) is 4.72 Å². The van der Waals surface area contributed by atoms with Crippen molar-refractivity contribution < 1.29 is 26.3 Å². The largest absolute Gasteiger partial charge is 0.495 e. The highest BCUT2D eigenvalue weighted by molar-refractivity contribution is 7.93. The topological polar surface area (TPSA) is 125 Å². The predicted molar refractivity (Wildman–Crippen MR) is 93.2 cm³/mol. The zero-order valence-corrected chi connectivity index (χ0v) is 15.6. The number of ether oxygens (including phenoxy) is 2. The predicted octanol–water partition coefficient (Wildman–Crippen LogP) is 1.81. The van der Waals surface area contributed by atoms with Gasteiger partial charge in [0.2, 0.25) is 10.0 Å². The third kappa shape index (κ3) is 4.34. The fraction of sp³-hybridized carbons (Fsp3) is 0.143. The molecule has 2 rings (SSSR count). The zero-order chi connectivity index (χ0) is 18.8. The Kier molecular flexibility index (Phi) is 5.47. The molecule has 25 heavy (non-hydrogen) atoms. The van der Waals surface area contributed by atoms with E-state index >= 15 is 0 Å². The van der Waals surface area contributed by atoms with E-state index in [1.165, 1.54) is 44.6 Å². The summed E-state index contributed by atoms with van der Waals surface area (Å²) in [6, 6.07) is 7.39. The molecule has 2 aromatic carbocycles. The zero-order valence-electron chi connectivity index (χ0n) is 13.2. The molecule has 3 N–H and O–H groups in total. The molecule has 0 atom stereocenters. The van der Waals surface area contributed by atoms with E-state index in [2.05, 4.69) is 4.72 Å². The lowest BCUT2D eigenvalue weighted by atomic mass is 10.3. The van der Waals surface area contributed by atoms with E-state index in [9.17, 15) is 16.8 Å². The molecule has 0 saturated carbocycles. The van der Waals surface area contributed by atoms with Crippen molar-refractivity contribution in [2.45, 2.75) is 9.79 Å². The van der Waals surface area contributed by atoms with Gasteiger partial charge in [0.1, 0.15) is 11.5 Å². The van der Waals surface area contributed by atoms with Crippen molar-refractivity contribution in [2.24, 2.45) is 5.14 Å². The van der Waals surface area contributed by atoms with Gasteiger partial charge in [0.25, 0.3) is 10.0 Å². The van der Waals surface area contributed by atoms with Crippen molar-refractivity contribution in [3.05, 3.63) is 41.4 Å². The molecule has 0 heterocycles. The van der Waals surface area contributed by atoms with E-state index in [1.807, 2.05) is 0 Å². The van der Waals surface area contributed by atoms with Gasteiger partial charge in [-0.25, -0.2) is 22.0 Å². The van der Waals surface area contributed by atoms with Gasteiger partial charge in [-0.15, -0.1) is 0 Å². The van der Waals surface area contributed by atoms with E-state index < -0.39 is 20.0 Å². The second kappa shape index (κ2) is 7.08. The molecule has 0 aliphatic rings. The van der Waals surface area contributed by atoms with Crippen LogP contribution in [0.25, 0.3) is 0 Å². The van der Waals surface area contributed by atoms with Crippen molar-refractivity contribution in [1.82, 2.24) is 0 Å². The molecule has 0 spiro atoms. The molecule has 0 radical (unpaired) electrons. The summed E-state index contributed by atoms with van der Waals surface area (Å²) in [6.45, 7) is 0. The highest BCUT2D eigenvalue weighted by Crippen LogP contribution is 2.37. The van der Waals surface area contributed by atoms with Gasteiger partial charge in [-0.05, 0) is 24.3 Å². The van der Waals surface area contributed by atoms with Crippen LogP contribution in [0.2, 0.25) is 5.02 Å². The number of anilines is 1. The molecule has 0 bridgehead atoms. The minimum absolute atomic E-state index is 0.0642. The average molecular weight is 407 g/mol. The summed E-state index contributed by atoms with van der Waals surface area (Å²) in [5, 5.41) is 5.19. The second-order valence-corrected chi connectivity index (χ2v) is 8.46. The van der Waals surface area contributed by atoms with E-state index in [0.29, 0.717) is 5.75 Å². The third-order valence-electron chi connectivity index (χ3n) is 3.16. The second-order valence-electron chi connectivity index (χ2n) is 4.81. The van der Waals surface area contributed by atoms with Crippen molar-refractivity contribution in [3.8, 4) is 11.5 Å². The van der Waals surface area contributed by atoms with E-state index in [4.69, 9.17) is 26.2 Å². The fourth-order valence-corrected chi connectivity index (χ4v) is 3.94. The summed E-state index contributed by atoms with van der Waals surface area (Å²) >= 11 is 6.01. The number of halogens is 1. The number of nitrogens with one attached hydrogen (secondary N) is 1. The first kappa shape index (κ1) is 19.3. The molecule has 0 unspecified atom stereocenters. The molecule has 8 nitrogen and oxygen atoms in total. The minimum Gasteiger partial charge on any atom is -0.495 e. The van der Waals surface area contributed by atoms with Crippen LogP contribution in [0.4, 0.5) is 5.69 Å². The third-order valence-corrected chi connectivity index (χ3v) is 5.73. The maximum atomic E-state index is 12.5.